The minimum Gasteiger partial charge on any atom is -0.496 e. The highest BCUT2D eigenvalue weighted by Crippen LogP contribution is 2.29. The molecule has 1 amide bonds. The minimum atomic E-state index is -3.09. The summed E-state index contributed by atoms with van der Waals surface area (Å²) < 4.78 is 36.0. The van der Waals surface area contributed by atoms with Crippen molar-refractivity contribution in [3.8, 4) is 5.75 Å². The van der Waals surface area contributed by atoms with Crippen molar-refractivity contribution in [2.24, 2.45) is 5.92 Å². The van der Waals surface area contributed by atoms with E-state index in [-0.39, 0.29) is 18.1 Å². The number of ether oxygens (including phenoxy) is 2. The first-order valence-electron chi connectivity index (χ1n) is 11.3. The lowest BCUT2D eigenvalue weighted by Gasteiger charge is -2.39. The molecule has 3 N–H and O–H groups in total. The highest BCUT2D eigenvalue weighted by Gasteiger charge is 2.32. The number of halogens is 1. The summed E-state index contributed by atoms with van der Waals surface area (Å²) in [5.41, 5.74) is 6.52. The van der Waals surface area contributed by atoms with Crippen LogP contribution in [0, 0.1) is 5.92 Å². The van der Waals surface area contributed by atoms with Crippen LogP contribution in [0.5, 0.6) is 5.75 Å². The van der Waals surface area contributed by atoms with Crippen molar-refractivity contribution in [2.45, 2.75) is 37.8 Å². The van der Waals surface area contributed by atoms with E-state index in [4.69, 9.17) is 26.8 Å². The summed E-state index contributed by atoms with van der Waals surface area (Å²) in [5.74, 6) is 0.638. The Balaban J connectivity index is 1.51. The second-order valence-electron chi connectivity index (χ2n) is 8.91. The number of nitrogens with two attached hydrogens (primary N) is 1. The van der Waals surface area contributed by atoms with E-state index < -0.39 is 10.0 Å². The van der Waals surface area contributed by atoms with Gasteiger partial charge in [-0.05, 0) is 44.2 Å². The fourth-order valence-corrected chi connectivity index (χ4v) is 5.68. The number of hydrogen-bond donors (Lipinski definition) is 2. The van der Waals surface area contributed by atoms with Crippen molar-refractivity contribution < 1.29 is 22.7 Å². The van der Waals surface area contributed by atoms with Gasteiger partial charge in [-0.25, -0.2) is 12.7 Å². The van der Waals surface area contributed by atoms with Crippen LogP contribution >= 0.6 is 11.6 Å². The van der Waals surface area contributed by atoms with Gasteiger partial charge in [0.05, 0.1) is 41.8 Å². The first kappa shape index (κ1) is 26.0. The average molecular weight is 503 g/mol. The standard InChI is InChI=1S/C22H35ClN4O5S/c1-31-20-13-18(24)17(23)12-16(20)22(28)25-19-7-9-26(14-21(19)32-2)8-4-15-5-10-27(11-6-15)33(3,29)30/h12-13,15,19,21H,4-11,14,24H2,1-3H3,(H,25,28). The number of anilines is 1. The third-order valence-corrected chi connectivity index (χ3v) is 8.35. The van der Waals surface area contributed by atoms with Crippen LogP contribution in [0.25, 0.3) is 0 Å². The molecular formula is C22H35ClN4O5S. The third kappa shape index (κ3) is 6.73. The number of nitrogens with one attached hydrogen (secondary N) is 1. The average Bonchev–Trinajstić information content (AvgIpc) is 2.79. The van der Waals surface area contributed by atoms with Crippen LogP contribution in [-0.4, -0.2) is 88.9 Å². The summed E-state index contributed by atoms with van der Waals surface area (Å²) in [6, 6.07) is 2.95. The highest BCUT2D eigenvalue weighted by molar-refractivity contribution is 7.88. The van der Waals surface area contributed by atoms with E-state index >= 15 is 0 Å². The number of methoxy groups -OCH3 is 2. The summed E-state index contributed by atoms with van der Waals surface area (Å²) in [4.78, 5) is 15.3. The lowest BCUT2D eigenvalue weighted by Crippen LogP contribution is -2.55. The normalized spacial score (nSPS) is 23.4. The van der Waals surface area contributed by atoms with Gasteiger partial charge in [-0.3, -0.25) is 4.79 Å². The molecule has 11 heteroatoms. The Morgan fingerprint density at radius 1 is 1.21 bits per heavy atom. The van der Waals surface area contributed by atoms with Gasteiger partial charge >= 0.3 is 0 Å². The molecule has 2 aliphatic rings. The number of likely N-dealkylation sites (tertiary alicyclic amines) is 1. The van der Waals surface area contributed by atoms with Crippen molar-refractivity contribution >= 4 is 33.2 Å². The molecule has 2 fully saturated rings. The predicted octanol–water partition coefficient (Wildman–Crippen LogP) is 1.81. The van der Waals surface area contributed by atoms with Crippen molar-refractivity contribution in [1.29, 1.82) is 0 Å². The smallest absolute Gasteiger partial charge is 0.255 e. The maximum absolute atomic E-state index is 12.9. The van der Waals surface area contributed by atoms with Gasteiger partial charge in [0.2, 0.25) is 10.0 Å². The molecule has 0 aliphatic carbocycles. The number of piperidine rings is 2. The number of carbonyl (C=O) groups is 1. The van der Waals surface area contributed by atoms with E-state index in [1.165, 1.54) is 19.4 Å². The van der Waals surface area contributed by atoms with E-state index in [0.29, 0.717) is 41.0 Å². The molecule has 0 spiro atoms. The minimum absolute atomic E-state index is 0.127. The number of carbonyl (C=O) groups excluding carboxylic acids is 1. The zero-order valence-corrected chi connectivity index (χ0v) is 21.1. The molecular weight excluding hydrogens is 468 g/mol. The molecule has 9 nitrogen and oxygen atoms in total. The highest BCUT2D eigenvalue weighted by atomic mass is 35.5. The number of nitrogens with zero attached hydrogens (tertiary/aromatic N) is 2. The monoisotopic (exact) mass is 502 g/mol. The van der Waals surface area contributed by atoms with Crippen LogP contribution in [0.2, 0.25) is 5.02 Å². The largest absolute Gasteiger partial charge is 0.496 e. The van der Waals surface area contributed by atoms with Crippen LogP contribution in [-0.2, 0) is 14.8 Å². The number of nitrogen functional groups attached to an aromatic ring is 1. The van der Waals surface area contributed by atoms with Crippen LogP contribution < -0.4 is 15.8 Å². The van der Waals surface area contributed by atoms with Gasteiger partial charge in [-0.1, -0.05) is 11.6 Å². The third-order valence-electron chi connectivity index (χ3n) is 6.72. The number of rotatable bonds is 8. The molecule has 2 unspecified atom stereocenters. The molecule has 33 heavy (non-hydrogen) atoms. The summed E-state index contributed by atoms with van der Waals surface area (Å²) in [5, 5.41) is 3.38. The number of sulfonamides is 1. The van der Waals surface area contributed by atoms with Gasteiger partial charge < -0.3 is 25.4 Å². The molecule has 3 rings (SSSR count). The summed E-state index contributed by atoms with van der Waals surface area (Å²) in [6.45, 7) is 3.73. The molecule has 2 heterocycles. The molecule has 2 saturated heterocycles. The summed E-state index contributed by atoms with van der Waals surface area (Å²) >= 11 is 6.11. The van der Waals surface area contributed by atoms with Gasteiger partial charge in [0.25, 0.3) is 5.91 Å². The van der Waals surface area contributed by atoms with Gasteiger partial charge in [-0.2, -0.15) is 0 Å². The predicted molar refractivity (Wildman–Crippen MR) is 129 cm³/mol. The topological polar surface area (TPSA) is 114 Å². The second-order valence-corrected chi connectivity index (χ2v) is 11.3. The Labute approximate surface area is 201 Å². The van der Waals surface area contributed by atoms with Gasteiger partial charge in [-0.15, -0.1) is 0 Å². The molecule has 1 aromatic carbocycles. The Morgan fingerprint density at radius 2 is 1.91 bits per heavy atom. The van der Waals surface area contributed by atoms with Crippen molar-refractivity contribution in [3.05, 3.63) is 22.7 Å². The van der Waals surface area contributed by atoms with Crippen LogP contribution in [0.15, 0.2) is 12.1 Å². The van der Waals surface area contributed by atoms with E-state index in [2.05, 4.69) is 10.2 Å². The van der Waals surface area contributed by atoms with Gasteiger partial charge in [0.1, 0.15) is 5.75 Å². The van der Waals surface area contributed by atoms with Crippen molar-refractivity contribution in [3.63, 3.8) is 0 Å². The lowest BCUT2D eigenvalue weighted by atomic mass is 9.93. The van der Waals surface area contributed by atoms with E-state index in [1.54, 1.807) is 17.5 Å². The Kier molecular flexibility index (Phi) is 8.85. The van der Waals surface area contributed by atoms with Crippen LogP contribution in [0.1, 0.15) is 36.0 Å². The fraction of sp³-hybridized carbons (Fsp3) is 0.682. The zero-order chi connectivity index (χ0) is 24.2. The number of hydrogen-bond acceptors (Lipinski definition) is 7. The van der Waals surface area contributed by atoms with E-state index in [0.717, 1.165) is 45.3 Å². The molecule has 2 atom stereocenters. The van der Waals surface area contributed by atoms with Gasteiger partial charge in [0, 0.05) is 39.4 Å². The summed E-state index contributed by atoms with van der Waals surface area (Å²) in [7, 11) is 0.0584. The maximum Gasteiger partial charge on any atom is 0.255 e. The Morgan fingerprint density at radius 3 is 2.52 bits per heavy atom. The SMILES string of the molecule is COc1cc(N)c(Cl)cc1C(=O)NC1CCN(CCC2CCN(S(C)(=O)=O)CC2)CC1OC. The molecule has 0 radical (unpaired) electrons. The molecule has 186 valence electrons. The van der Waals surface area contributed by atoms with E-state index in [9.17, 15) is 13.2 Å². The molecule has 0 bridgehead atoms. The Bertz CT molecular complexity index is 937. The first-order chi connectivity index (χ1) is 15.6. The molecule has 0 aromatic heterocycles. The molecule has 1 aromatic rings. The van der Waals surface area contributed by atoms with Gasteiger partial charge in [0.15, 0.2) is 0 Å². The van der Waals surface area contributed by atoms with Crippen LogP contribution in [0.3, 0.4) is 0 Å². The van der Waals surface area contributed by atoms with Crippen molar-refractivity contribution in [2.75, 3.05) is 58.9 Å². The first-order valence-corrected chi connectivity index (χ1v) is 13.5. The molecule has 2 aliphatic heterocycles. The lowest BCUT2D eigenvalue weighted by molar-refractivity contribution is 0.00441. The quantitative estimate of drug-likeness (QED) is 0.521. The second kappa shape index (κ2) is 11.2. The zero-order valence-electron chi connectivity index (χ0n) is 19.5. The fourth-order valence-electron chi connectivity index (χ4n) is 4.64. The number of amides is 1. The van der Waals surface area contributed by atoms with E-state index in [1.807, 2.05) is 0 Å². The van der Waals surface area contributed by atoms with Crippen molar-refractivity contribution in [1.82, 2.24) is 14.5 Å². The molecule has 0 saturated carbocycles. The number of benzene rings is 1. The van der Waals surface area contributed by atoms with Crippen LogP contribution in [0.4, 0.5) is 5.69 Å². The summed E-state index contributed by atoms with van der Waals surface area (Å²) in [6.07, 6.45) is 4.75. The Hall–Kier alpha value is -1.59. The maximum atomic E-state index is 12.9.